The highest BCUT2D eigenvalue weighted by Crippen LogP contribution is 2.37. The highest BCUT2D eigenvalue weighted by molar-refractivity contribution is 7.15. The lowest BCUT2D eigenvalue weighted by Gasteiger charge is -2.05. The van der Waals surface area contributed by atoms with Crippen molar-refractivity contribution in [3.63, 3.8) is 0 Å². The van der Waals surface area contributed by atoms with Crippen LogP contribution in [0.25, 0.3) is 10.6 Å². The van der Waals surface area contributed by atoms with E-state index in [1.54, 1.807) is 24.3 Å². The number of primary amides is 1. The van der Waals surface area contributed by atoms with Gasteiger partial charge in [-0.2, -0.15) is 13.2 Å². The van der Waals surface area contributed by atoms with Crippen molar-refractivity contribution in [1.82, 2.24) is 10.3 Å². The van der Waals surface area contributed by atoms with E-state index in [9.17, 15) is 18.0 Å². The van der Waals surface area contributed by atoms with E-state index in [0.717, 1.165) is 16.9 Å². The first-order valence-electron chi connectivity index (χ1n) is 5.94. The third-order valence-corrected chi connectivity index (χ3v) is 3.79. The number of carbonyl (C=O) groups excluding carboxylic acids is 1. The van der Waals surface area contributed by atoms with Crippen LogP contribution in [0.3, 0.4) is 0 Å². The lowest BCUT2D eigenvalue weighted by molar-refractivity contribution is -0.141. The molecular weight excluding hydrogens is 303 g/mol. The number of rotatable bonds is 3. The van der Waals surface area contributed by atoms with E-state index in [1.807, 2.05) is 6.92 Å². The number of aryl methyl sites for hydroxylation is 1. The number of hydrogen-bond acceptors (Lipinski definition) is 3. The Morgan fingerprint density at radius 1 is 1.33 bits per heavy atom. The second-order valence-electron chi connectivity index (χ2n) is 4.37. The van der Waals surface area contributed by atoms with E-state index in [4.69, 9.17) is 5.73 Å². The van der Waals surface area contributed by atoms with E-state index in [2.05, 4.69) is 10.3 Å². The number of hydrogen-bond donors (Lipinski definition) is 2. The molecular formula is C13H12F3N3OS. The summed E-state index contributed by atoms with van der Waals surface area (Å²) in [5, 5.41) is 2.41. The van der Waals surface area contributed by atoms with Gasteiger partial charge < -0.3 is 11.1 Å². The number of alkyl halides is 3. The fourth-order valence-corrected chi connectivity index (χ4v) is 2.71. The van der Waals surface area contributed by atoms with Gasteiger partial charge in [0.05, 0.1) is 11.4 Å². The molecule has 0 bridgehead atoms. The van der Waals surface area contributed by atoms with Crippen LogP contribution in [0.2, 0.25) is 0 Å². The van der Waals surface area contributed by atoms with E-state index in [0.29, 0.717) is 5.56 Å². The predicted molar refractivity (Wildman–Crippen MR) is 73.7 cm³/mol. The minimum absolute atomic E-state index is 0.0723. The van der Waals surface area contributed by atoms with Crippen molar-refractivity contribution in [3.05, 3.63) is 40.4 Å². The Bertz CT molecular complexity index is 650. The van der Waals surface area contributed by atoms with Gasteiger partial charge in [-0.25, -0.2) is 9.78 Å². The zero-order valence-electron chi connectivity index (χ0n) is 11.0. The molecule has 4 nitrogen and oxygen atoms in total. The maximum absolute atomic E-state index is 13.0. The van der Waals surface area contributed by atoms with Crippen molar-refractivity contribution >= 4 is 17.4 Å². The molecule has 8 heteroatoms. The summed E-state index contributed by atoms with van der Waals surface area (Å²) in [6, 6.07) is 6.13. The van der Waals surface area contributed by atoms with Crippen LogP contribution in [0.1, 0.15) is 16.1 Å². The Labute approximate surface area is 122 Å². The molecule has 0 aliphatic heterocycles. The standard InChI is InChI=1S/C13H12F3N3OS/c1-7-2-4-8(5-3-7)11-19-10(13(14,15)16)9(21-11)6-18-12(17)20/h2-5H,6H2,1H3,(H3,17,18,20). The van der Waals surface area contributed by atoms with Crippen molar-refractivity contribution in [2.24, 2.45) is 5.73 Å². The SMILES string of the molecule is Cc1ccc(-c2nc(C(F)(F)F)c(CNC(N)=O)s2)cc1. The number of halogens is 3. The van der Waals surface area contributed by atoms with Gasteiger partial charge >= 0.3 is 12.2 Å². The van der Waals surface area contributed by atoms with Crippen LogP contribution in [0.4, 0.5) is 18.0 Å². The number of carbonyl (C=O) groups is 1. The molecule has 0 unspecified atom stereocenters. The van der Waals surface area contributed by atoms with Gasteiger partial charge in [-0.05, 0) is 6.92 Å². The highest BCUT2D eigenvalue weighted by atomic mass is 32.1. The molecule has 0 fully saturated rings. The van der Waals surface area contributed by atoms with E-state index in [1.165, 1.54) is 0 Å². The molecule has 112 valence electrons. The Morgan fingerprint density at radius 3 is 2.48 bits per heavy atom. The molecule has 0 saturated heterocycles. The minimum atomic E-state index is -4.58. The Kier molecular flexibility index (Phi) is 4.17. The summed E-state index contributed by atoms with van der Waals surface area (Å²) in [6.07, 6.45) is -4.58. The molecule has 21 heavy (non-hydrogen) atoms. The van der Waals surface area contributed by atoms with Crippen molar-refractivity contribution in [3.8, 4) is 10.6 Å². The molecule has 0 aliphatic carbocycles. The topological polar surface area (TPSA) is 68.0 Å². The highest BCUT2D eigenvalue weighted by Gasteiger charge is 2.37. The van der Waals surface area contributed by atoms with Gasteiger partial charge in [-0.15, -0.1) is 11.3 Å². The molecule has 1 aromatic heterocycles. The first-order chi connectivity index (χ1) is 9.77. The summed E-state index contributed by atoms with van der Waals surface area (Å²) >= 11 is 0.886. The van der Waals surface area contributed by atoms with E-state index >= 15 is 0 Å². The molecule has 0 spiro atoms. The summed E-state index contributed by atoms with van der Waals surface area (Å²) in [6.45, 7) is 1.59. The fourth-order valence-electron chi connectivity index (χ4n) is 1.68. The lowest BCUT2D eigenvalue weighted by atomic mass is 10.2. The largest absolute Gasteiger partial charge is 0.434 e. The number of aromatic nitrogens is 1. The summed E-state index contributed by atoms with van der Waals surface area (Å²) in [4.78, 5) is 14.3. The van der Waals surface area contributed by atoms with Gasteiger partial charge in [0.25, 0.3) is 0 Å². The predicted octanol–water partition coefficient (Wildman–Crippen LogP) is 3.31. The fraction of sp³-hybridized carbons (Fsp3) is 0.231. The molecule has 3 N–H and O–H groups in total. The third-order valence-electron chi connectivity index (χ3n) is 2.69. The van der Waals surface area contributed by atoms with Crippen LogP contribution in [0.5, 0.6) is 0 Å². The van der Waals surface area contributed by atoms with Gasteiger partial charge in [0.15, 0.2) is 5.69 Å². The van der Waals surface area contributed by atoms with Crippen LogP contribution >= 0.6 is 11.3 Å². The molecule has 2 rings (SSSR count). The number of benzene rings is 1. The van der Waals surface area contributed by atoms with Crippen molar-refractivity contribution in [1.29, 1.82) is 0 Å². The Balaban J connectivity index is 2.40. The summed E-state index contributed by atoms with van der Waals surface area (Å²) < 4.78 is 38.9. The molecule has 0 radical (unpaired) electrons. The molecule has 2 aromatic rings. The van der Waals surface area contributed by atoms with Gasteiger partial charge in [0.1, 0.15) is 5.01 Å². The number of thiazole rings is 1. The average Bonchev–Trinajstić information content (AvgIpc) is 2.81. The molecule has 2 amide bonds. The Hall–Kier alpha value is -2.09. The second kappa shape index (κ2) is 5.72. The smallest absolute Gasteiger partial charge is 0.352 e. The maximum Gasteiger partial charge on any atom is 0.434 e. The first kappa shape index (κ1) is 15.3. The van der Waals surface area contributed by atoms with Crippen LogP contribution in [0, 0.1) is 6.92 Å². The van der Waals surface area contributed by atoms with Crippen LogP contribution in [-0.4, -0.2) is 11.0 Å². The summed E-state index contributed by atoms with van der Waals surface area (Å²) in [5.41, 5.74) is 5.50. The lowest BCUT2D eigenvalue weighted by Crippen LogP contribution is -2.29. The molecule has 0 aliphatic rings. The monoisotopic (exact) mass is 315 g/mol. The van der Waals surface area contributed by atoms with Gasteiger partial charge in [0, 0.05) is 5.56 Å². The van der Waals surface area contributed by atoms with Gasteiger partial charge in [-0.1, -0.05) is 29.8 Å². The molecule has 1 aromatic carbocycles. The van der Waals surface area contributed by atoms with Crippen LogP contribution < -0.4 is 11.1 Å². The van der Waals surface area contributed by atoms with Crippen molar-refractivity contribution < 1.29 is 18.0 Å². The summed E-state index contributed by atoms with van der Waals surface area (Å²) in [5.74, 6) is 0. The van der Waals surface area contributed by atoms with E-state index in [-0.39, 0.29) is 16.4 Å². The zero-order valence-corrected chi connectivity index (χ0v) is 11.8. The van der Waals surface area contributed by atoms with Crippen LogP contribution in [-0.2, 0) is 12.7 Å². The minimum Gasteiger partial charge on any atom is -0.352 e. The quantitative estimate of drug-likeness (QED) is 0.912. The molecule has 0 atom stereocenters. The van der Waals surface area contributed by atoms with Gasteiger partial charge in [0.2, 0.25) is 0 Å². The number of urea groups is 1. The van der Waals surface area contributed by atoms with Crippen molar-refractivity contribution in [2.75, 3.05) is 0 Å². The maximum atomic E-state index is 13.0. The zero-order chi connectivity index (χ0) is 15.6. The van der Waals surface area contributed by atoms with Gasteiger partial charge in [-0.3, -0.25) is 0 Å². The second-order valence-corrected chi connectivity index (χ2v) is 5.46. The van der Waals surface area contributed by atoms with E-state index < -0.39 is 17.9 Å². The summed E-state index contributed by atoms with van der Waals surface area (Å²) in [7, 11) is 0. The number of amides is 2. The third kappa shape index (κ3) is 3.72. The number of nitrogens with zero attached hydrogens (tertiary/aromatic N) is 1. The van der Waals surface area contributed by atoms with Crippen molar-refractivity contribution in [2.45, 2.75) is 19.6 Å². The number of nitrogens with one attached hydrogen (secondary N) is 1. The molecule has 1 heterocycles. The normalized spacial score (nSPS) is 11.4. The van der Waals surface area contributed by atoms with Crippen LogP contribution in [0.15, 0.2) is 24.3 Å². The molecule has 0 saturated carbocycles. The average molecular weight is 315 g/mol. The Morgan fingerprint density at radius 2 is 1.95 bits per heavy atom. The first-order valence-corrected chi connectivity index (χ1v) is 6.76. The number of nitrogens with two attached hydrogens (primary N) is 1.